The highest BCUT2D eigenvalue weighted by Crippen LogP contribution is 2.36. The van der Waals surface area contributed by atoms with Gasteiger partial charge in [-0.1, -0.05) is 12.6 Å². The van der Waals surface area contributed by atoms with E-state index in [2.05, 4.69) is 63.6 Å². The number of carbonyl (C=O) groups is 1. The molecule has 1 aromatic carbocycles. The Kier molecular flexibility index (Phi) is 8.17. The summed E-state index contributed by atoms with van der Waals surface area (Å²) < 4.78 is 20.1. The zero-order chi connectivity index (χ0) is 30.1. The van der Waals surface area contributed by atoms with Gasteiger partial charge in [-0.05, 0) is 57.8 Å². The van der Waals surface area contributed by atoms with Gasteiger partial charge >= 0.3 is 6.01 Å². The molecule has 3 aliphatic rings. The van der Waals surface area contributed by atoms with E-state index in [1.807, 2.05) is 6.20 Å². The molecular weight excluding hydrogens is 549 g/mol. The molecule has 0 aliphatic carbocycles. The average molecular weight is 588 g/mol. The van der Waals surface area contributed by atoms with Crippen LogP contribution in [0.3, 0.4) is 0 Å². The number of rotatable bonds is 7. The Labute approximate surface area is 250 Å². The standard InChI is InChI=1S/C31H38FN9O2/c1-20-8-9-26-25(16-34-37-26)28(20)39-13-5-7-24-27(18-39)35-31(43-19-23-6-4-12-38(23)3)36-29(24)40-14-15-41(30(42)21(2)32)22(17-40)10-11-33/h8-9,16,22-23H,2,4-7,10,12-15,17-19H2,1,3H3,(H,34,37)/t22-,23-/m0/s1. The molecule has 0 saturated carbocycles. The van der Waals surface area contributed by atoms with Crippen LogP contribution in [0.4, 0.5) is 15.9 Å². The van der Waals surface area contributed by atoms with Gasteiger partial charge in [0.15, 0.2) is 5.83 Å². The maximum atomic E-state index is 13.8. The van der Waals surface area contributed by atoms with Gasteiger partial charge in [0, 0.05) is 43.2 Å². The van der Waals surface area contributed by atoms with E-state index in [4.69, 9.17) is 14.7 Å². The number of fused-ring (bicyclic) bond motifs is 2. The van der Waals surface area contributed by atoms with Crippen molar-refractivity contribution in [2.75, 3.05) is 56.2 Å². The van der Waals surface area contributed by atoms with Crippen molar-refractivity contribution >= 4 is 28.3 Å². The van der Waals surface area contributed by atoms with Gasteiger partial charge in [0.05, 0.1) is 48.2 Å². The molecule has 43 heavy (non-hydrogen) atoms. The lowest BCUT2D eigenvalue weighted by Crippen LogP contribution is -2.55. The predicted octanol–water partition coefficient (Wildman–Crippen LogP) is 3.50. The summed E-state index contributed by atoms with van der Waals surface area (Å²) in [4.78, 5) is 30.7. The molecule has 226 valence electrons. The monoisotopic (exact) mass is 587 g/mol. The number of carbonyl (C=O) groups excluding carboxylic acids is 1. The Bertz CT molecular complexity index is 1570. The van der Waals surface area contributed by atoms with Crippen molar-refractivity contribution in [3.05, 3.63) is 47.6 Å². The maximum absolute atomic E-state index is 13.8. The Morgan fingerprint density at radius 2 is 2.05 bits per heavy atom. The molecule has 0 unspecified atom stereocenters. The Morgan fingerprint density at radius 1 is 1.19 bits per heavy atom. The third-order valence-electron chi connectivity index (χ3n) is 9.04. The first-order valence-corrected chi connectivity index (χ1v) is 15.0. The van der Waals surface area contributed by atoms with Gasteiger partial charge in [-0.25, -0.2) is 4.39 Å². The van der Waals surface area contributed by atoms with Crippen LogP contribution in [-0.4, -0.2) is 94.3 Å². The van der Waals surface area contributed by atoms with E-state index in [0.717, 1.165) is 72.4 Å². The number of ether oxygens (including phenoxy) is 1. The number of aromatic nitrogens is 4. The SMILES string of the molecule is C=C(F)C(=O)N1CCN(c2nc(OC[C@@H]3CCCN3C)nc3c2CCCN(c2c(C)ccc4[nH]ncc24)C3)C[C@@H]1CC#N. The molecule has 12 heteroatoms. The fourth-order valence-corrected chi connectivity index (χ4v) is 6.75. The number of hydrogen-bond donors (Lipinski definition) is 1. The number of aryl methyl sites for hydroxylation is 1. The number of piperazine rings is 1. The van der Waals surface area contributed by atoms with Gasteiger partial charge in [0.25, 0.3) is 5.91 Å². The molecular formula is C31H38FN9O2. The van der Waals surface area contributed by atoms with Crippen LogP contribution >= 0.6 is 0 Å². The highest BCUT2D eigenvalue weighted by molar-refractivity contribution is 5.93. The molecule has 0 radical (unpaired) electrons. The number of halogens is 1. The predicted molar refractivity (Wildman–Crippen MR) is 162 cm³/mol. The molecule has 0 spiro atoms. The number of amides is 1. The molecule has 1 amide bonds. The number of aromatic amines is 1. The second kappa shape index (κ2) is 12.2. The van der Waals surface area contributed by atoms with Crippen LogP contribution in [0.5, 0.6) is 6.01 Å². The molecule has 11 nitrogen and oxygen atoms in total. The minimum Gasteiger partial charge on any atom is -0.462 e. The molecule has 5 heterocycles. The van der Waals surface area contributed by atoms with E-state index in [1.54, 1.807) is 0 Å². The molecule has 2 aromatic heterocycles. The molecule has 1 N–H and O–H groups in total. The first kappa shape index (κ1) is 28.9. The fraction of sp³-hybridized carbons (Fsp3) is 0.516. The molecule has 2 atom stereocenters. The quantitative estimate of drug-likeness (QED) is 0.415. The van der Waals surface area contributed by atoms with E-state index in [9.17, 15) is 14.4 Å². The number of likely N-dealkylation sites (tertiary alicyclic amines) is 1. The van der Waals surface area contributed by atoms with Crippen molar-refractivity contribution in [3.63, 3.8) is 0 Å². The van der Waals surface area contributed by atoms with Gasteiger partial charge in [0.1, 0.15) is 12.4 Å². The van der Waals surface area contributed by atoms with E-state index in [-0.39, 0.29) is 13.0 Å². The normalized spacial score (nSPS) is 21.0. The highest BCUT2D eigenvalue weighted by Gasteiger charge is 2.35. The van der Waals surface area contributed by atoms with Crippen LogP contribution in [0.25, 0.3) is 10.9 Å². The smallest absolute Gasteiger partial charge is 0.318 e. The molecule has 6 rings (SSSR count). The number of nitriles is 1. The minimum absolute atomic E-state index is 0.0852. The lowest BCUT2D eigenvalue weighted by atomic mass is 10.1. The molecule has 2 fully saturated rings. The second-order valence-corrected chi connectivity index (χ2v) is 11.8. The van der Waals surface area contributed by atoms with Gasteiger partial charge in [-0.2, -0.15) is 20.3 Å². The zero-order valence-electron chi connectivity index (χ0n) is 24.9. The van der Waals surface area contributed by atoms with Gasteiger partial charge < -0.3 is 24.3 Å². The van der Waals surface area contributed by atoms with Crippen molar-refractivity contribution in [2.45, 2.75) is 57.7 Å². The third-order valence-corrected chi connectivity index (χ3v) is 9.04. The number of benzene rings is 1. The van der Waals surface area contributed by atoms with Gasteiger partial charge in [-0.15, -0.1) is 0 Å². The summed E-state index contributed by atoms with van der Waals surface area (Å²) in [7, 11) is 2.11. The van der Waals surface area contributed by atoms with Crippen molar-refractivity contribution in [3.8, 4) is 12.1 Å². The van der Waals surface area contributed by atoms with Crippen molar-refractivity contribution in [2.24, 2.45) is 0 Å². The Morgan fingerprint density at radius 3 is 2.81 bits per heavy atom. The third kappa shape index (κ3) is 5.73. The van der Waals surface area contributed by atoms with E-state index >= 15 is 0 Å². The molecule has 3 aromatic rings. The van der Waals surface area contributed by atoms with E-state index in [1.165, 1.54) is 10.5 Å². The van der Waals surface area contributed by atoms with Crippen LogP contribution in [0.2, 0.25) is 0 Å². The van der Waals surface area contributed by atoms with Crippen LogP contribution in [0, 0.1) is 18.3 Å². The number of hydrogen-bond acceptors (Lipinski definition) is 9. The first-order chi connectivity index (χ1) is 20.8. The van der Waals surface area contributed by atoms with Crippen LogP contribution in [-0.2, 0) is 17.8 Å². The summed E-state index contributed by atoms with van der Waals surface area (Å²) in [6, 6.07) is 6.50. The van der Waals surface area contributed by atoms with E-state index in [0.29, 0.717) is 38.3 Å². The second-order valence-electron chi connectivity index (χ2n) is 11.8. The van der Waals surface area contributed by atoms with Crippen LogP contribution in [0.15, 0.2) is 30.7 Å². The van der Waals surface area contributed by atoms with Crippen molar-refractivity contribution in [1.82, 2.24) is 30.0 Å². The van der Waals surface area contributed by atoms with Crippen LogP contribution in [0.1, 0.15) is 42.5 Å². The van der Waals surface area contributed by atoms with E-state index < -0.39 is 17.8 Å². The maximum Gasteiger partial charge on any atom is 0.318 e. The molecule has 3 aliphatic heterocycles. The summed E-state index contributed by atoms with van der Waals surface area (Å²) in [6.45, 7) is 9.35. The minimum atomic E-state index is -1.01. The number of anilines is 2. The number of likely N-dealkylation sites (N-methyl/N-ethyl adjacent to an activating group) is 1. The lowest BCUT2D eigenvalue weighted by molar-refractivity contribution is -0.131. The first-order valence-electron chi connectivity index (χ1n) is 15.0. The molecule has 2 saturated heterocycles. The van der Waals surface area contributed by atoms with Crippen LogP contribution < -0.4 is 14.5 Å². The van der Waals surface area contributed by atoms with Crippen molar-refractivity contribution in [1.29, 1.82) is 5.26 Å². The zero-order valence-corrected chi connectivity index (χ0v) is 24.9. The Balaban J connectivity index is 1.36. The summed E-state index contributed by atoms with van der Waals surface area (Å²) in [6.07, 6.45) is 5.85. The average Bonchev–Trinajstić information content (AvgIpc) is 3.58. The largest absolute Gasteiger partial charge is 0.462 e. The summed E-state index contributed by atoms with van der Waals surface area (Å²) in [5, 5.41) is 18.0. The number of nitrogens with zero attached hydrogens (tertiary/aromatic N) is 8. The van der Waals surface area contributed by atoms with Gasteiger partial charge in [-0.3, -0.25) is 9.89 Å². The van der Waals surface area contributed by atoms with Gasteiger partial charge in [0.2, 0.25) is 0 Å². The lowest BCUT2D eigenvalue weighted by Gasteiger charge is -2.41. The molecule has 0 bridgehead atoms. The number of H-pyrrole nitrogens is 1. The summed E-state index contributed by atoms with van der Waals surface area (Å²) >= 11 is 0. The fourth-order valence-electron chi connectivity index (χ4n) is 6.75. The summed E-state index contributed by atoms with van der Waals surface area (Å²) in [5.74, 6) is -0.998. The van der Waals surface area contributed by atoms with Crippen molar-refractivity contribution < 1.29 is 13.9 Å². The highest BCUT2D eigenvalue weighted by atomic mass is 19.1. The topological polar surface area (TPSA) is 118 Å². The Hall–Kier alpha value is -4.24. The summed E-state index contributed by atoms with van der Waals surface area (Å²) in [5.41, 5.74) is 5.26. The number of nitrogens with one attached hydrogen (secondary N) is 1.